The minimum absolute atomic E-state index is 0.0825. The maximum absolute atomic E-state index is 15.7. The molecule has 1 saturated carbocycles. The molecule has 7 nitrogen and oxygen atoms in total. The highest BCUT2D eigenvalue weighted by atomic mass is 32.2. The van der Waals surface area contributed by atoms with Crippen LogP contribution in [0.25, 0.3) is 10.9 Å². The minimum Gasteiger partial charge on any atom is -0.383 e. The summed E-state index contributed by atoms with van der Waals surface area (Å²) in [6.45, 7) is 0.233. The molecule has 1 fully saturated rings. The van der Waals surface area contributed by atoms with Crippen LogP contribution in [0.15, 0.2) is 47.4 Å². The van der Waals surface area contributed by atoms with Crippen LogP contribution in [0.3, 0.4) is 0 Å². The van der Waals surface area contributed by atoms with Crippen LogP contribution in [0.1, 0.15) is 30.1 Å². The molecule has 1 aromatic heterocycles. The second-order valence-corrected chi connectivity index (χ2v) is 10.7. The van der Waals surface area contributed by atoms with Gasteiger partial charge in [0.1, 0.15) is 6.17 Å². The number of sulfonamides is 1. The predicted molar refractivity (Wildman–Crippen MR) is 127 cm³/mol. The molecule has 178 valence electrons. The van der Waals surface area contributed by atoms with Crippen molar-refractivity contribution >= 4 is 26.8 Å². The number of ether oxygens (including phenoxy) is 1. The number of terminal acetylenes is 1. The average Bonchev–Trinajstić information content (AvgIpc) is 3.55. The van der Waals surface area contributed by atoms with Crippen LogP contribution < -0.4 is 4.72 Å². The largest absolute Gasteiger partial charge is 0.383 e. The molecule has 0 radical (unpaired) electrons. The first-order valence-electron chi connectivity index (χ1n) is 11.3. The number of alkyl halides is 1. The molecule has 5 rings (SSSR count). The van der Waals surface area contributed by atoms with E-state index in [4.69, 9.17) is 11.2 Å². The number of hydrogen-bond donors (Lipinski definition) is 2. The zero-order valence-electron chi connectivity index (χ0n) is 18.7. The van der Waals surface area contributed by atoms with Crippen LogP contribution in [0.2, 0.25) is 0 Å². The number of aromatic nitrogens is 1. The van der Waals surface area contributed by atoms with Gasteiger partial charge in [0, 0.05) is 35.7 Å². The van der Waals surface area contributed by atoms with E-state index >= 15 is 4.39 Å². The number of allylic oxidation sites excluding steroid dienone is 2. The van der Waals surface area contributed by atoms with Gasteiger partial charge in [-0.05, 0) is 49.0 Å². The Hall–Kier alpha value is -2.93. The number of fused-ring (bicyclic) bond motifs is 3. The van der Waals surface area contributed by atoms with Gasteiger partial charge in [-0.15, -0.1) is 6.42 Å². The molecule has 9 heteroatoms. The zero-order chi connectivity index (χ0) is 24.0. The fraction of sp³-hybridized carbons (Fsp3) is 0.400. The minimum atomic E-state index is -3.80. The van der Waals surface area contributed by atoms with Crippen molar-refractivity contribution in [3.8, 4) is 12.3 Å². The van der Waals surface area contributed by atoms with Crippen molar-refractivity contribution in [2.24, 2.45) is 5.92 Å². The summed E-state index contributed by atoms with van der Waals surface area (Å²) in [6, 6.07) is 6.53. The fourth-order valence-corrected chi connectivity index (χ4v) is 6.43. The Bertz CT molecular complexity index is 1340. The summed E-state index contributed by atoms with van der Waals surface area (Å²) in [5.41, 5.74) is 2.58. The SMILES string of the molecule is C#CC(=O)N1[C@@H](COC)Cc2c([nH]c3ccccc23)[C@@H]1C1C=CC(S(=O)(=O)NC2CC2)=CC1F. The van der Waals surface area contributed by atoms with E-state index in [0.717, 1.165) is 35.4 Å². The van der Waals surface area contributed by atoms with Gasteiger partial charge in [0.05, 0.1) is 23.6 Å². The smallest absolute Gasteiger partial charge is 0.299 e. The van der Waals surface area contributed by atoms with Crippen molar-refractivity contribution in [2.45, 2.75) is 43.6 Å². The van der Waals surface area contributed by atoms with E-state index in [1.807, 2.05) is 24.3 Å². The van der Waals surface area contributed by atoms with Crippen molar-refractivity contribution in [1.82, 2.24) is 14.6 Å². The highest BCUT2D eigenvalue weighted by Gasteiger charge is 2.45. The van der Waals surface area contributed by atoms with Crippen molar-refractivity contribution in [2.75, 3.05) is 13.7 Å². The monoisotopic (exact) mass is 483 g/mol. The predicted octanol–water partition coefficient (Wildman–Crippen LogP) is 2.73. The van der Waals surface area contributed by atoms with Crippen molar-refractivity contribution in [3.05, 3.63) is 58.7 Å². The summed E-state index contributed by atoms with van der Waals surface area (Å²) in [6.07, 6.45) is 10.0. The lowest BCUT2D eigenvalue weighted by Crippen LogP contribution is -2.52. The molecule has 2 aromatic rings. The molecule has 0 bridgehead atoms. The number of carbonyl (C=O) groups is 1. The lowest BCUT2D eigenvalue weighted by atomic mass is 9.81. The number of halogens is 1. The Labute approximate surface area is 198 Å². The van der Waals surface area contributed by atoms with Gasteiger partial charge in [0.15, 0.2) is 0 Å². The van der Waals surface area contributed by atoms with Crippen LogP contribution in [0, 0.1) is 18.3 Å². The maximum Gasteiger partial charge on any atom is 0.299 e. The second kappa shape index (κ2) is 8.69. The molecule has 2 heterocycles. The lowest BCUT2D eigenvalue weighted by Gasteiger charge is -2.44. The highest BCUT2D eigenvalue weighted by Crippen LogP contribution is 2.44. The standard InChI is InChI=1S/C25H26FN3O4S/c1-3-23(30)29-16(14-33-2)12-20-18-6-4-5-7-22(18)27-24(20)25(29)19-11-10-17(13-21(19)26)34(31,32)28-15-8-9-15/h1,4-7,10-11,13,15-16,19,21,25,27-28H,8-9,12,14H2,2H3/t16-,19?,21?,25+/m1/s1. The Morgan fingerprint density at radius 3 is 2.79 bits per heavy atom. The normalized spacial score (nSPS) is 26.7. The van der Waals surface area contributed by atoms with Crippen molar-refractivity contribution < 1.29 is 22.3 Å². The topological polar surface area (TPSA) is 91.5 Å². The van der Waals surface area contributed by atoms with Gasteiger partial charge in [-0.3, -0.25) is 4.79 Å². The lowest BCUT2D eigenvalue weighted by molar-refractivity contribution is -0.134. The molecule has 1 aliphatic heterocycles. The van der Waals surface area contributed by atoms with Gasteiger partial charge >= 0.3 is 0 Å². The van der Waals surface area contributed by atoms with E-state index in [-0.39, 0.29) is 17.6 Å². The van der Waals surface area contributed by atoms with Gasteiger partial charge in [-0.25, -0.2) is 17.5 Å². The van der Waals surface area contributed by atoms with Crippen LogP contribution in [-0.4, -0.2) is 56.2 Å². The third kappa shape index (κ3) is 3.96. The first-order valence-corrected chi connectivity index (χ1v) is 12.8. The molecule has 4 atom stereocenters. The Balaban J connectivity index is 1.58. The summed E-state index contributed by atoms with van der Waals surface area (Å²) in [4.78, 5) is 17.7. The molecule has 2 aliphatic carbocycles. The van der Waals surface area contributed by atoms with Crippen LogP contribution in [0.5, 0.6) is 0 Å². The van der Waals surface area contributed by atoms with Crippen LogP contribution in [-0.2, 0) is 26.0 Å². The second-order valence-electron chi connectivity index (χ2n) is 9.02. The van der Waals surface area contributed by atoms with Gasteiger partial charge in [-0.1, -0.05) is 24.3 Å². The molecule has 2 unspecified atom stereocenters. The summed E-state index contributed by atoms with van der Waals surface area (Å²) in [5.74, 6) is 0.792. The third-order valence-corrected chi connectivity index (χ3v) is 8.28. The quantitative estimate of drug-likeness (QED) is 0.618. The third-order valence-electron chi connectivity index (χ3n) is 6.74. The number of nitrogens with one attached hydrogen (secondary N) is 2. The van der Waals surface area contributed by atoms with Crippen molar-refractivity contribution in [3.63, 3.8) is 0 Å². The van der Waals surface area contributed by atoms with Gasteiger partial charge < -0.3 is 14.6 Å². The molecule has 34 heavy (non-hydrogen) atoms. The number of aromatic amines is 1. The first kappa shape index (κ1) is 22.8. The zero-order valence-corrected chi connectivity index (χ0v) is 19.5. The van der Waals surface area contributed by atoms with Gasteiger partial charge in [-0.2, -0.15) is 0 Å². The van der Waals surface area contributed by atoms with Gasteiger partial charge in [0.25, 0.3) is 5.91 Å². The molecule has 1 amide bonds. The number of amides is 1. The Morgan fingerprint density at radius 2 is 2.12 bits per heavy atom. The number of hydrogen-bond acceptors (Lipinski definition) is 4. The van der Waals surface area contributed by atoms with Crippen molar-refractivity contribution in [1.29, 1.82) is 0 Å². The summed E-state index contributed by atoms with van der Waals surface area (Å²) < 4.78 is 48.9. The number of rotatable bonds is 6. The van der Waals surface area contributed by atoms with E-state index in [0.29, 0.717) is 12.1 Å². The molecule has 2 N–H and O–H groups in total. The van der Waals surface area contributed by atoms with E-state index < -0.39 is 40.1 Å². The highest BCUT2D eigenvalue weighted by molar-refractivity contribution is 7.93. The number of nitrogens with zero attached hydrogens (tertiary/aromatic N) is 1. The Kier molecular flexibility index (Phi) is 5.84. The van der Waals surface area contributed by atoms with E-state index in [2.05, 4.69) is 15.6 Å². The number of para-hydroxylation sites is 1. The van der Waals surface area contributed by atoms with Gasteiger partial charge in [0.2, 0.25) is 10.0 Å². The molecule has 0 spiro atoms. The fourth-order valence-electron chi connectivity index (χ4n) is 5.05. The molecule has 3 aliphatic rings. The number of benzene rings is 1. The van der Waals surface area contributed by atoms with Crippen LogP contribution in [0.4, 0.5) is 4.39 Å². The summed E-state index contributed by atoms with van der Waals surface area (Å²) in [7, 11) is -2.25. The number of methoxy groups -OCH3 is 1. The van der Waals surface area contributed by atoms with Crippen LogP contribution >= 0.6 is 0 Å². The van der Waals surface area contributed by atoms with E-state index in [1.165, 1.54) is 17.1 Å². The molecular formula is C25H26FN3O4S. The van der Waals surface area contributed by atoms with E-state index in [1.54, 1.807) is 7.11 Å². The molecule has 0 saturated heterocycles. The number of carbonyl (C=O) groups excluding carboxylic acids is 1. The van der Waals surface area contributed by atoms with E-state index in [9.17, 15) is 13.2 Å². The number of H-pyrrole nitrogens is 1. The summed E-state index contributed by atoms with van der Waals surface area (Å²) >= 11 is 0. The molecular weight excluding hydrogens is 457 g/mol. The Morgan fingerprint density at radius 1 is 1.35 bits per heavy atom. The average molecular weight is 484 g/mol. The summed E-state index contributed by atoms with van der Waals surface area (Å²) in [5, 5.41) is 0.999. The maximum atomic E-state index is 15.7. The molecule has 1 aromatic carbocycles. The first-order chi connectivity index (χ1) is 16.3.